The number of rotatable bonds is 3. The summed E-state index contributed by atoms with van der Waals surface area (Å²) in [6.07, 6.45) is 3.82. The molecule has 0 bridgehead atoms. The van der Waals surface area contributed by atoms with Gasteiger partial charge in [-0.1, -0.05) is 24.3 Å². The number of amides is 1. The Bertz CT molecular complexity index is 540. The normalized spacial score (nSPS) is 28.1. The zero-order valence-electron chi connectivity index (χ0n) is 11.3. The summed E-state index contributed by atoms with van der Waals surface area (Å²) in [7, 11) is 0. The Balaban J connectivity index is 1.63. The van der Waals surface area contributed by atoms with E-state index in [0.717, 1.165) is 24.8 Å². The maximum Gasteiger partial charge on any atom is 0.306 e. The van der Waals surface area contributed by atoms with Gasteiger partial charge in [-0.15, -0.1) is 0 Å². The number of carbonyl (C=O) groups is 2. The minimum Gasteiger partial charge on any atom is -0.481 e. The summed E-state index contributed by atoms with van der Waals surface area (Å²) < 4.78 is 0. The molecule has 1 aromatic carbocycles. The Morgan fingerprint density at radius 3 is 2.70 bits per heavy atom. The molecule has 2 aliphatic rings. The fourth-order valence-electron chi connectivity index (χ4n) is 3.47. The van der Waals surface area contributed by atoms with E-state index in [1.807, 2.05) is 18.2 Å². The number of aryl methyl sites for hydroxylation is 1. The summed E-state index contributed by atoms with van der Waals surface area (Å²) in [4.78, 5) is 23.3. The third kappa shape index (κ3) is 2.42. The Labute approximate surface area is 118 Å². The van der Waals surface area contributed by atoms with E-state index in [1.165, 1.54) is 5.56 Å². The van der Waals surface area contributed by atoms with Crippen LogP contribution in [0.25, 0.3) is 0 Å². The van der Waals surface area contributed by atoms with Crippen LogP contribution in [0.2, 0.25) is 0 Å². The number of aliphatic carboxylic acids is 1. The summed E-state index contributed by atoms with van der Waals surface area (Å²) in [5.74, 6) is -1.04. The van der Waals surface area contributed by atoms with E-state index in [2.05, 4.69) is 11.4 Å². The van der Waals surface area contributed by atoms with Gasteiger partial charge in [0.05, 0.1) is 11.8 Å². The Morgan fingerprint density at radius 2 is 1.95 bits per heavy atom. The van der Waals surface area contributed by atoms with E-state index in [-0.39, 0.29) is 23.8 Å². The van der Waals surface area contributed by atoms with Crippen LogP contribution in [0, 0.1) is 5.92 Å². The highest BCUT2D eigenvalue weighted by molar-refractivity contribution is 5.85. The molecule has 1 amide bonds. The van der Waals surface area contributed by atoms with E-state index in [4.69, 9.17) is 5.11 Å². The number of hydrogen-bond donors (Lipinski definition) is 2. The largest absolute Gasteiger partial charge is 0.481 e. The summed E-state index contributed by atoms with van der Waals surface area (Å²) in [5.41, 5.74) is 2.40. The number of hydrogen-bond acceptors (Lipinski definition) is 2. The topological polar surface area (TPSA) is 66.4 Å². The number of nitrogens with one attached hydrogen (secondary N) is 1. The number of fused-ring (bicyclic) bond motifs is 1. The number of benzene rings is 1. The van der Waals surface area contributed by atoms with E-state index >= 15 is 0 Å². The van der Waals surface area contributed by atoms with Crippen LogP contribution in [0.1, 0.15) is 42.7 Å². The fraction of sp³-hybridized carbons (Fsp3) is 0.500. The maximum absolute atomic E-state index is 12.4. The molecule has 1 aromatic rings. The molecule has 0 aliphatic heterocycles. The lowest BCUT2D eigenvalue weighted by Crippen LogP contribution is -2.36. The van der Waals surface area contributed by atoms with Crippen LogP contribution in [0.4, 0.5) is 0 Å². The molecule has 1 fully saturated rings. The number of carboxylic acids is 1. The van der Waals surface area contributed by atoms with Gasteiger partial charge in [-0.25, -0.2) is 0 Å². The van der Waals surface area contributed by atoms with Crippen molar-refractivity contribution in [3.8, 4) is 0 Å². The predicted octanol–water partition coefficient (Wildman–Crippen LogP) is 2.09. The van der Waals surface area contributed by atoms with Gasteiger partial charge in [-0.3, -0.25) is 9.59 Å². The lowest BCUT2D eigenvalue weighted by molar-refractivity contribution is -0.141. The van der Waals surface area contributed by atoms with Crippen LogP contribution in [0.15, 0.2) is 24.3 Å². The second-order valence-electron chi connectivity index (χ2n) is 5.84. The number of carbonyl (C=O) groups excluding carboxylic acids is 1. The highest BCUT2D eigenvalue weighted by atomic mass is 16.4. The van der Waals surface area contributed by atoms with Crippen molar-refractivity contribution in [3.63, 3.8) is 0 Å². The van der Waals surface area contributed by atoms with Crippen LogP contribution in [0.3, 0.4) is 0 Å². The van der Waals surface area contributed by atoms with Gasteiger partial charge in [0.25, 0.3) is 0 Å². The second-order valence-corrected chi connectivity index (χ2v) is 5.84. The fourth-order valence-corrected chi connectivity index (χ4v) is 3.47. The van der Waals surface area contributed by atoms with Gasteiger partial charge in [0.2, 0.25) is 5.91 Å². The SMILES string of the molecule is O=C(N[C@@H]1CC[C@H](C(=O)O)C1)C1CCc2ccccc21. The third-order valence-corrected chi connectivity index (χ3v) is 4.58. The van der Waals surface area contributed by atoms with Gasteiger partial charge in [0.15, 0.2) is 0 Å². The molecule has 4 heteroatoms. The van der Waals surface area contributed by atoms with Crippen molar-refractivity contribution in [3.05, 3.63) is 35.4 Å². The molecule has 0 radical (unpaired) electrons. The van der Waals surface area contributed by atoms with E-state index in [0.29, 0.717) is 12.8 Å². The molecule has 1 unspecified atom stereocenters. The maximum atomic E-state index is 12.4. The van der Waals surface area contributed by atoms with E-state index < -0.39 is 5.97 Å². The van der Waals surface area contributed by atoms with Crippen molar-refractivity contribution in [2.24, 2.45) is 5.92 Å². The van der Waals surface area contributed by atoms with E-state index in [1.54, 1.807) is 0 Å². The molecule has 106 valence electrons. The molecule has 3 rings (SSSR count). The third-order valence-electron chi connectivity index (χ3n) is 4.58. The van der Waals surface area contributed by atoms with Crippen LogP contribution >= 0.6 is 0 Å². The van der Waals surface area contributed by atoms with Gasteiger partial charge >= 0.3 is 5.97 Å². The highest BCUT2D eigenvalue weighted by Crippen LogP contribution is 2.34. The Morgan fingerprint density at radius 1 is 1.15 bits per heavy atom. The quantitative estimate of drug-likeness (QED) is 0.886. The molecule has 2 N–H and O–H groups in total. The molecule has 1 saturated carbocycles. The summed E-state index contributed by atoms with van der Waals surface area (Å²) in [6, 6.07) is 8.12. The average molecular weight is 273 g/mol. The highest BCUT2D eigenvalue weighted by Gasteiger charge is 2.34. The van der Waals surface area contributed by atoms with Crippen LogP contribution in [-0.2, 0) is 16.0 Å². The first kappa shape index (κ1) is 13.2. The molecule has 3 atom stereocenters. The molecule has 2 aliphatic carbocycles. The van der Waals surface area contributed by atoms with E-state index in [9.17, 15) is 9.59 Å². The molecule has 0 spiro atoms. The summed E-state index contributed by atoms with van der Waals surface area (Å²) in [6.45, 7) is 0. The van der Waals surface area contributed by atoms with Gasteiger partial charge < -0.3 is 10.4 Å². The van der Waals surface area contributed by atoms with Crippen molar-refractivity contribution in [1.29, 1.82) is 0 Å². The standard InChI is InChI=1S/C16H19NO3/c18-15(17-12-7-5-11(9-12)16(19)20)14-8-6-10-3-1-2-4-13(10)14/h1-4,11-12,14H,5-9H2,(H,17,18)(H,19,20)/t11-,12+,14?/m0/s1. The van der Waals surface area contributed by atoms with Gasteiger partial charge in [-0.05, 0) is 43.2 Å². The first-order chi connectivity index (χ1) is 9.65. The summed E-state index contributed by atoms with van der Waals surface area (Å²) in [5, 5.41) is 12.0. The van der Waals surface area contributed by atoms with Crippen LogP contribution in [-0.4, -0.2) is 23.0 Å². The molecular weight excluding hydrogens is 254 g/mol. The summed E-state index contributed by atoms with van der Waals surface area (Å²) >= 11 is 0. The van der Waals surface area contributed by atoms with Gasteiger partial charge in [0, 0.05) is 6.04 Å². The molecular formula is C16H19NO3. The van der Waals surface area contributed by atoms with Gasteiger partial charge in [-0.2, -0.15) is 0 Å². The Hall–Kier alpha value is -1.84. The van der Waals surface area contributed by atoms with Crippen LogP contribution < -0.4 is 5.32 Å². The van der Waals surface area contributed by atoms with Crippen LogP contribution in [0.5, 0.6) is 0 Å². The zero-order chi connectivity index (χ0) is 14.1. The van der Waals surface area contributed by atoms with Crippen molar-refractivity contribution in [2.45, 2.75) is 44.1 Å². The molecule has 0 heterocycles. The second kappa shape index (κ2) is 5.27. The lowest BCUT2D eigenvalue weighted by atomic mass is 10.00. The predicted molar refractivity (Wildman–Crippen MR) is 74.4 cm³/mol. The molecule has 0 saturated heterocycles. The zero-order valence-corrected chi connectivity index (χ0v) is 11.3. The first-order valence-electron chi connectivity index (χ1n) is 7.26. The molecule has 20 heavy (non-hydrogen) atoms. The smallest absolute Gasteiger partial charge is 0.306 e. The minimum atomic E-state index is -0.743. The number of carboxylic acid groups (broad SMARTS) is 1. The average Bonchev–Trinajstić information content (AvgIpc) is 3.04. The van der Waals surface area contributed by atoms with Crippen molar-refractivity contribution >= 4 is 11.9 Å². The lowest BCUT2D eigenvalue weighted by Gasteiger charge is -2.17. The molecule has 0 aromatic heterocycles. The first-order valence-corrected chi connectivity index (χ1v) is 7.26. The van der Waals surface area contributed by atoms with Crippen molar-refractivity contribution in [2.75, 3.05) is 0 Å². The Kier molecular flexibility index (Phi) is 3.47. The minimum absolute atomic E-state index is 0.0244. The van der Waals surface area contributed by atoms with Crippen molar-refractivity contribution < 1.29 is 14.7 Å². The molecule has 4 nitrogen and oxygen atoms in total. The van der Waals surface area contributed by atoms with Gasteiger partial charge in [0.1, 0.15) is 0 Å². The monoisotopic (exact) mass is 273 g/mol. The van der Waals surface area contributed by atoms with Crippen molar-refractivity contribution in [1.82, 2.24) is 5.32 Å².